The predicted molar refractivity (Wildman–Crippen MR) is 91.6 cm³/mol. The van der Waals surface area contributed by atoms with E-state index in [-0.39, 0.29) is 13.2 Å². The van der Waals surface area contributed by atoms with Crippen molar-refractivity contribution in [2.45, 2.75) is 61.9 Å². The van der Waals surface area contributed by atoms with Gasteiger partial charge in [0.1, 0.15) is 42.7 Å². The van der Waals surface area contributed by atoms with E-state index in [1.54, 1.807) is 0 Å². The van der Waals surface area contributed by atoms with Crippen LogP contribution in [0.15, 0.2) is 30.3 Å². The Balaban J connectivity index is 1.56. The molecule has 0 amide bonds. The maximum absolute atomic E-state index is 10.1. The van der Waals surface area contributed by atoms with Crippen LogP contribution >= 0.6 is 0 Å². The third-order valence-electron chi connectivity index (χ3n) is 4.85. The largest absolute Gasteiger partial charge is 0.394 e. The third-order valence-corrected chi connectivity index (χ3v) is 4.85. The van der Waals surface area contributed by atoms with E-state index in [1.165, 1.54) is 0 Å². The van der Waals surface area contributed by atoms with Gasteiger partial charge in [-0.05, 0) is 5.56 Å². The molecule has 9 atom stereocenters. The second-order valence-electron chi connectivity index (χ2n) is 6.85. The van der Waals surface area contributed by atoms with E-state index in [4.69, 9.17) is 24.1 Å². The first-order valence-electron chi connectivity index (χ1n) is 9.01. The van der Waals surface area contributed by atoms with Gasteiger partial charge in [-0.25, -0.2) is 0 Å². The Morgan fingerprint density at radius 2 is 1.29 bits per heavy atom. The monoisotopic (exact) mass is 402 g/mol. The van der Waals surface area contributed by atoms with E-state index in [0.717, 1.165) is 5.56 Å². The summed E-state index contributed by atoms with van der Waals surface area (Å²) in [5.41, 5.74) is 0.832. The van der Waals surface area contributed by atoms with Gasteiger partial charge in [0.05, 0.1) is 19.8 Å². The number of hydrogen-bond acceptors (Lipinski definition) is 10. The van der Waals surface area contributed by atoms with Crippen LogP contribution in [0.3, 0.4) is 0 Å². The fraction of sp³-hybridized carbons (Fsp3) is 0.667. The van der Waals surface area contributed by atoms with Crippen molar-refractivity contribution >= 4 is 0 Å². The average molecular weight is 402 g/mol. The fourth-order valence-corrected chi connectivity index (χ4v) is 3.14. The topological polar surface area (TPSA) is 158 Å². The van der Waals surface area contributed by atoms with Gasteiger partial charge in [-0.2, -0.15) is 0 Å². The van der Waals surface area contributed by atoms with E-state index in [0.29, 0.717) is 0 Å². The number of aliphatic hydroxyl groups is 6. The van der Waals surface area contributed by atoms with Crippen LogP contribution < -0.4 is 0 Å². The summed E-state index contributed by atoms with van der Waals surface area (Å²) in [7, 11) is 0. The highest BCUT2D eigenvalue weighted by molar-refractivity contribution is 5.13. The second kappa shape index (κ2) is 9.55. The van der Waals surface area contributed by atoms with Gasteiger partial charge in [0.15, 0.2) is 12.6 Å². The molecule has 0 radical (unpaired) electrons. The molecule has 10 heteroatoms. The Bertz CT molecular complexity index is 601. The van der Waals surface area contributed by atoms with Crippen molar-refractivity contribution in [2.24, 2.45) is 0 Å². The number of rotatable bonds is 7. The standard InChI is InChI=1S/C18H26O10/c19-6-10-12(20)15(23)17(27-10)26-8-11-13(21)14(22)16(24)18(28-11)25-7-9-4-2-1-3-5-9/h1-5,10-24H,6-8H2/t10-,11+,12-,13+,14-,15+,16+,17+,18+/m0/s1. The number of hydrogen-bond donors (Lipinski definition) is 6. The lowest BCUT2D eigenvalue weighted by atomic mass is 9.99. The molecule has 2 fully saturated rings. The maximum atomic E-state index is 10.1. The minimum Gasteiger partial charge on any atom is -0.394 e. The number of ether oxygens (including phenoxy) is 4. The lowest BCUT2D eigenvalue weighted by molar-refractivity contribution is -0.312. The normalized spacial score (nSPS) is 41.3. The van der Waals surface area contributed by atoms with Gasteiger partial charge in [0, 0.05) is 0 Å². The summed E-state index contributed by atoms with van der Waals surface area (Å²) in [6.45, 7) is -0.697. The summed E-state index contributed by atoms with van der Waals surface area (Å²) in [4.78, 5) is 0. The summed E-state index contributed by atoms with van der Waals surface area (Å²) in [6, 6.07) is 9.15. The summed E-state index contributed by atoms with van der Waals surface area (Å²) < 4.78 is 21.6. The van der Waals surface area contributed by atoms with Crippen molar-refractivity contribution in [1.29, 1.82) is 0 Å². The van der Waals surface area contributed by atoms with Crippen molar-refractivity contribution < 1.29 is 49.6 Å². The van der Waals surface area contributed by atoms with E-state index in [2.05, 4.69) is 0 Å². The molecule has 1 aromatic rings. The van der Waals surface area contributed by atoms with E-state index < -0.39 is 61.9 Å². The van der Waals surface area contributed by atoms with Crippen molar-refractivity contribution in [3.05, 3.63) is 35.9 Å². The molecule has 2 heterocycles. The van der Waals surface area contributed by atoms with Gasteiger partial charge in [-0.1, -0.05) is 30.3 Å². The predicted octanol–water partition coefficient (Wildman–Crippen LogP) is -2.53. The quantitative estimate of drug-likeness (QED) is 0.287. The highest BCUT2D eigenvalue weighted by Crippen LogP contribution is 2.26. The zero-order chi connectivity index (χ0) is 20.3. The highest BCUT2D eigenvalue weighted by atomic mass is 16.7. The third kappa shape index (κ3) is 4.69. The van der Waals surface area contributed by atoms with Crippen molar-refractivity contribution in [2.75, 3.05) is 13.2 Å². The van der Waals surface area contributed by atoms with Crippen molar-refractivity contribution in [3.63, 3.8) is 0 Å². The molecule has 1 aromatic carbocycles. The first-order valence-corrected chi connectivity index (χ1v) is 9.01. The van der Waals surface area contributed by atoms with Gasteiger partial charge < -0.3 is 49.6 Å². The van der Waals surface area contributed by atoms with E-state index in [9.17, 15) is 25.5 Å². The Hall–Kier alpha value is -1.18. The average Bonchev–Trinajstić information content (AvgIpc) is 2.99. The zero-order valence-electron chi connectivity index (χ0n) is 15.0. The summed E-state index contributed by atoms with van der Waals surface area (Å²) in [5.74, 6) is 0. The SMILES string of the molecule is OC[C@@H]1O[C@@H](OC[C@H]2O[C@@H](OCc3ccccc3)[C@H](O)[C@@H](O)[C@@H]2O)[C@H](O)[C@H]1O. The minimum atomic E-state index is -1.53. The Morgan fingerprint density at radius 1 is 0.714 bits per heavy atom. The van der Waals surface area contributed by atoms with Crippen LogP contribution in [0.2, 0.25) is 0 Å². The van der Waals surface area contributed by atoms with Gasteiger partial charge >= 0.3 is 0 Å². The molecule has 0 saturated carbocycles. The molecule has 2 aliphatic rings. The molecule has 2 saturated heterocycles. The lowest BCUT2D eigenvalue weighted by Gasteiger charge is -2.40. The highest BCUT2D eigenvalue weighted by Gasteiger charge is 2.47. The van der Waals surface area contributed by atoms with Gasteiger partial charge in [-0.15, -0.1) is 0 Å². The summed E-state index contributed by atoms with van der Waals surface area (Å²) >= 11 is 0. The minimum absolute atomic E-state index is 0.119. The van der Waals surface area contributed by atoms with Crippen LogP contribution in [0, 0.1) is 0 Å². The van der Waals surface area contributed by atoms with Gasteiger partial charge in [-0.3, -0.25) is 0 Å². The second-order valence-corrected chi connectivity index (χ2v) is 6.85. The maximum Gasteiger partial charge on any atom is 0.187 e. The van der Waals surface area contributed by atoms with Crippen molar-refractivity contribution in [3.8, 4) is 0 Å². The van der Waals surface area contributed by atoms with Crippen LogP contribution in [0.4, 0.5) is 0 Å². The Morgan fingerprint density at radius 3 is 1.93 bits per heavy atom. The summed E-state index contributed by atoms with van der Waals surface area (Å²) in [6.07, 6.45) is -11.7. The molecule has 0 bridgehead atoms. The molecule has 28 heavy (non-hydrogen) atoms. The zero-order valence-corrected chi connectivity index (χ0v) is 15.0. The fourth-order valence-electron chi connectivity index (χ4n) is 3.14. The van der Waals surface area contributed by atoms with E-state index in [1.807, 2.05) is 30.3 Å². The Labute approximate surface area is 161 Å². The number of aliphatic hydroxyl groups excluding tert-OH is 6. The molecule has 0 aliphatic carbocycles. The van der Waals surface area contributed by atoms with Gasteiger partial charge in [0.25, 0.3) is 0 Å². The first-order chi connectivity index (χ1) is 13.4. The smallest absolute Gasteiger partial charge is 0.187 e. The molecule has 0 aromatic heterocycles. The lowest BCUT2D eigenvalue weighted by Crippen LogP contribution is -2.59. The van der Waals surface area contributed by atoms with Crippen LogP contribution in [0.5, 0.6) is 0 Å². The molecule has 2 aliphatic heterocycles. The molecular formula is C18H26O10. The van der Waals surface area contributed by atoms with Crippen LogP contribution in [-0.2, 0) is 25.6 Å². The van der Waals surface area contributed by atoms with Gasteiger partial charge in [0.2, 0.25) is 0 Å². The van der Waals surface area contributed by atoms with E-state index >= 15 is 0 Å². The molecule has 0 spiro atoms. The van der Waals surface area contributed by atoms with Crippen LogP contribution in [0.1, 0.15) is 5.56 Å². The van der Waals surface area contributed by atoms with Crippen LogP contribution in [-0.4, -0.2) is 99.2 Å². The first kappa shape index (κ1) is 21.5. The molecule has 6 N–H and O–H groups in total. The van der Waals surface area contributed by atoms with Crippen molar-refractivity contribution in [1.82, 2.24) is 0 Å². The number of benzene rings is 1. The molecule has 10 nitrogen and oxygen atoms in total. The molecular weight excluding hydrogens is 376 g/mol. The Kier molecular flexibility index (Phi) is 7.34. The molecule has 0 unspecified atom stereocenters. The molecule has 158 valence electrons. The summed E-state index contributed by atoms with van der Waals surface area (Å²) in [5, 5.41) is 59.0. The molecule has 3 rings (SSSR count). The van der Waals surface area contributed by atoms with Crippen LogP contribution in [0.25, 0.3) is 0 Å².